The number of benzene rings is 2. The Morgan fingerprint density at radius 1 is 1.21 bits per heavy atom. The molecular formula is C21H25N3O4. The fourth-order valence-corrected chi connectivity index (χ4v) is 3.25. The lowest BCUT2D eigenvalue weighted by Gasteiger charge is -2.27. The highest BCUT2D eigenvalue weighted by molar-refractivity contribution is 5.95. The summed E-state index contributed by atoms with van der Waals surface area (Å²) in [5, 5.41) is 14.8. The van der Waals surface area contributed by atoms with E-state index in [0.29, 0.717) is 37.6 Å². The van der Waals surface area contributed by atoms with Crippen molar-refractivity contribution in [2.24, 2.45) is 0 Å². The first-order valence-electron chi connectivity index (χ1n) is 9.50. The maximum absolute atomic E-state index is 12.6. The maximum Gasteiger partial charge on any atom is 0.293 e. The summed E-state index contributed by atoms with van der Waals surface area (Å²) in [4.78, 5) is 25.4. The Bertz CT molecular complexity index is 845. The highest BCUT2D eigenvalue weighted by Gasteiger charge is 2.23. The molecular weight excluding hydrogens is 358 g/mol. The Morgan fingerprint density at radius 3 is 2.50 bits per heavy atom. The molecule has 0 bridgehead atoms. The lowest BCUT2D eigenvalue weighted by atomic mass is 10.0. The van der Waals surface area contributed by atoms with Crippen LogP contribution in [-0.4, -0.2) is 42.0 Å². The number of ether oxygens (including phenoxy) is 1. The molecule has 2 aromatic rings. The second kappa shape index (κ2) is 8.84. The molecule has 1 amide bonds. The van der Waals surface area contributed by atoms with Gasteiger partial charge in [-0.05, 0) is 36.6 Å². The van der Waals surface area contributed by atoms with Gasteiger partial charge in [0.25, 0.3) is 11.6 Å². The molecule has 7 heteroatoms. The van der Waals surface area contributed by atoms with Crippen LogP contribution in [0.2, 0.25) is 0 Å². The van der Waals surface area contributed by atoms with Crippen LogP contribution >= 0.6 is 0 Å². The van der Waals surface area contributed by atoms with Gasteiger partial charge in [0.05, 0.1) is 18.1 Å². The molecule has 1 aliphatic heterocycles. The predicted octanol–water partition coefficient (Wildman–Crippen LogP) is 3.80. The summed E-state index contributed by atoms with van der Waals surface area (Å²) in [7, 11) is 0. The van der Waals surface area contributed by atoms with Gasteiger partial charge in [-0.3, -0.25) is 14.9 Å². The maximum atomic E-state index is 12.6. The molecule has 0 spiro atoms. The van der Waals surface area contributed by atoms with Crippen LogP contribution in [0.4, 0.5) is 11.4 Å². The summed E-state index contributed by atoms with van der Waals surface area (Å²) >= 11 is 0. The van der Waals surface area contributed by atoms with Crippen LogP contribution < -0.4 is 5.32 Å². The summed E-state index contributed by atoms with van der Waals surface area (Å²) in [6.07, 6.45) is 0.964. The topological polar surface area (TPSA) is 84.7 Å². The first-order valence-corrected chi connectivity index (χ1v) is 9.50. The number of hydrogen-bond acceptors (Lipinski definition) is 5. The van der Waals surface area contributed by atoms with E-state index in [2.05, 4.69) is 24.4 Å². The third-order valence-corrected chi connectivity index (χ3v) is 5.00. The Morgan fingerprint density at radius 2 is 1.89 bits per heavy atom. The largest absolute Gasteiger partial charge is 0.378 e. The third kappa shape index (κ3) is 4.48. The molecule has 1 atom stereocenters. The predicted molar refractivity (Wildman–Crippen MR) is 108 cm³/mol. The van der Waals surface area contributed by atoms with E-state index in [4.69, 9.17) is 4.74 Å². The molecule has 2 aromatic carbocycles. The van der Waals surface area contributed by atoms with Crippen molar-refractivity contribution in [3.63, 3.8) is 0 Å². The Labute approximate surface area is 164 Å². The van der Waals surface area contributed by atoms with Crippen molar-refractivity contribution in [2.45, 2.75) is 26.3 Å². The van der Waals surface area contributed by atoms with Gasteiger partial charge in [-0.25, -0.2) is 0 Å². The number of nitrogens with zero attached hydrogens (tertiary/aromatic N) is 2. The van der Waals surface area contributed by atoms with E-state index < -0.39 is 4.92 Å². The molecule has 0 aliphatic carbocycles. The number of carbonyl (C=O) groups is 1. The van der Waals surface area contributed by atoms with Crippen molar-refractivity contribution in [1.29, 1.82) is 0 Å². The normalized spacial score (nSPS) is 15.1. The molecule has 1 fully saturated rings. The second-order valence-corrected chi connectivity index (χ2v) is 6.85. The molecule has 148 valence electrons. The number of anilines is 1. The number of nitro benzene ring substituents is 1. The number of nitrogens with one attached hydrogen (secondary N) is 1. The zero-order chi connectivity index (χ0) is 20.1. The van der Waals surface area contributed by atoms with Crippen molar-refractivity contribution in [1.82, 2.24) is 4.90 Å². The first kappa shape index (κ1) is 19.8. The second-order valence-electron chi connectivity index (χ2n) is 6.85. The fourth-order valence-electron chi connectivity index (χ4n) is 3.25. The summed E-state index contributed by atoms with van der Waals surface area (Å²) in [5.41, 5.74) is 2.90. The van der Waals surface area contributed by atoms with Crippen LogP contribution in [0.1, 0.15) is 41.4 Å². The molecule has 7 nitrogen and oxygen atoms in total. The number of carbonyl (C=O) groups excluding carboxylic acids is 1. The van der Waals surface area contributed by atoms with E-state index in [0.717, 1.165) is 12.0 Å². The zero-order valence-corrected chi connectivity index (χ0v) is 16.2. The van der Waals surface area contributed by atoms with Crippen LogP contribution in [0.15, 0.2) is 42.5 Å². The first-order chi connectivity index (χ1) is 13.5. The number of rotatable bonds is 6. The highest BCUT2D eigenvalue weighted by Crippen LogP contribution is 2.30. The molecule has 1 N–H and O–H groups in total. The van der Waals surface area contributed by atoms with Crippen molar-refractivity contribution in [3.8, 4) is 0 Å². The molecule has 0 radical (unpaired) electrons. The van der Waals surface area contributed by atoms with E-state index in [1.54, 1.807) is 17.0 Å². The van der Waals surface area contributed by atoms with Gasteiger partial charge in [-0.1, -0.05) is 31.2 Å². The summed E-state index contributed by atoms with van der Waals surface area (Å²) < 4.78 is 5.25. The van der Waals surface area contributed by atoms with E-state index in [1.807, 2.05) is 19.1 Å². The average molecular weight is 383 g/mol. The summed E-state index contributed by atoms with van der Waals surface area (Å²) in [6, 6.07) is 12.7. The number of morpholine rings is 1. The quantitative estimate of drug-likeness (QED) is 0.606. The van der Waals surface area contributed by atoms with Crippen molar-refractivity contribution >= 4 is 17.3 Å². The van der Waals surface area contributed by atoms with Crippen LogP contribution in [-0.2, 0) is 11.2 Å². The van der Waals surface area contributed by atoms with Gasteiger partial charge in [0.2, 0.25) is 0 Å². The number of hydrogen-bond donors (Lipinski definition) is 1. The van der Waals surface area contributed by atoms with Gasteiger partial charge in [-0.2, -0.15) is 0 Å². The smallest absolute Gasteiger partial charge is 0.293 e. The molecule has 0 saturated carbocycles. The Hall–Kier alpha value is -2.93. The van der Waals surface area contributed by atoms with Crippen LogP contribution in [0.3, 0.4) is 0 Å². The lowest BCUT2D eigenvalue weighted by molar-refractivity contribution is -0.384. The molecule has 28 heavy (non-hydrogen) atoms. The van der Waals surface area contributed by atoms with E-state index in [9.17, 15) is 14.9 Å². The molecule has 1 unspecified atom stereocenters. The monoisotopic (exact) mass is 383 g/mol. The van der Waals surface area contributed by atoms with E-state index in [1.165, 1.54) is 11.6 Å². The molecule has 0 aromatic heterocycles. The van der Waals surface area contributed by atoms with Crippen molar-refractivity contribution < 1.29 is 14.5 Å². The zero-order valence-electron chi connectivity index (χ0n) is 16.2. The summed E-state index contributed by atoms with van der Waals surface area (Å²) in [5.74, 6) is -0.207. The van der Waals surface area contributed by atoms with Crippen LogP contribution in [0, 0.1) is 10.1 Å². The van der Waals surface area contributed by atoms with Crippen molar-refractivity contribution in [2.75, 3.05) is 31.6 Å². The molecule has 1 saturated heterocycles. The molecule has 3 rings (SSSR count). The Kier molecular flexibility index (Phi) is 6.26. The number of nitro groups is 1. The molecule has 1 heterocycles. The minimum absolute atomic E-state index is 0.101. The van der Waals surface area contributed by atoms with Crippen LogP contribution in [0.5, 0.6) is 0 Å². The lowest BCUT2D eigenvalue weighted by Crippen LogP contribution is -2.40. The average Bonchev–Trinajstić information content (AvgIpc) is 2.74. The van der Waals surface area contributed by atoms with Gasteiger partial charge in [0.1, 0.15) is 5.69 Å². The highest BCUT2D eigenvalue weighted by atomic mass is 16.6. The minimum Gasteiger partial charge on any atom is -0.378 e. The Balaban J connectivity index is 1.80. The van der Waals surface area contributed by atoms with Gasteiger partial charge in [0, 0.05) is 30.8 Å². The van der Waals surface area contributed by atoms with Gasteiger partial charge < -0.3 is 15.0 Å². The van der Waals surface area contributed by atoms with Gasteiger partial charge in [-0.15, -0.1) is 0 Å². The van der Waals surface area contributed by atoms with Gasteiger partial charge in [0.15, 0.2) is 0 Å². The number of amides is 1. The minimum atomic E-state index is -0.453. The fraction of sp³-hybridized carbons (Fsp3) is 0.381. The van der Waals surface area contributed by atoms with E-state index >= 15 is 0 Å². The van der Waals surface area contributed by atoms with Gasteiger partial charge >= 0.3 is 0 Å². The number of aryl methyl sites for hydroxylation is 1. The molecule has 1 aliphatic rings. The van der Waals surface area contributed by atoms with Crippen molar-refractivity contribution in [3.05, 3.63) is 69.3 Å². The van der Waals surface area contributed by atoms with Crippen LogP contribution in [0.25, 0.3) is 0 Å². The standard InChI is InChI=1S/C21H25N3O4/c1-3-16-4-6-17(7-5-16)15(2)22-19-9-8-18(14-20(19)24(26)27)21(25)23-10-12-28-13-11-23/h4-9,14-15,22H,3,10-13H2,1-2H3. The third-order valence-electron chi connectivity index (χ3n) is 5.00. The SMILES string of the molecule is CCc1ccc(C(C)Nc2ccc(C(=O)N3CCOCC3)cc2[N+](=O)[O-])cc1. The summed E-state index contributed by atoms with van der Waals surface area (Å²) in [6.45, 7) is 6.02. The van der Waals surface area contributed by atoms with E-state index in [-0.39, 0.29) is 17.6 Å².